The van der Waals surface area contributed by atoms with Gasteiger partial charge < -0.3 is 10.4 Å². The van der Waals surface area contributed by atoms with Crippen molar-refractivity contribution in [2.24, 2.45) is 0 Å². The second-order valence-electron chi connectivity index (χ2n) is 4.36. The lowest BCUT2D eigenvalue weighted by molar-refractivity contribution is 0.0696. The normalized spacial score (nSPS) is 10.5. The number of carbonyl (C=O) groups is 1. The van der Waals surface area contributed by atoms with Gasteiger partial charge in [0.15, 0.2) is 11.6 Å². The molecule has 0 saturated heterocycles. The summed E-state index contributed by atoms with van der Waals surface area (Å²) in [6.07, 6.45) is 0. The lowest BCUT2D eigenvalue weighted by atomic mass is 10.1. The minimum atomic E-state index is -0.979. The van der Waals surface area contributed by atoms with Crippen molar-refractivity contribution in [2.75, 3.05) is 0 Å². The van der Waals surface area contributed by atoms with Crippen LogP contribution in [0.15, 0.2) is 42.5 Å². The molecule has 0 saturated carbocycles. The van der Waals surface area contributed by atoms with E-state index in [0.29, 0.717) is 18.7 Å². The van der Waals surface area contributed by atoms with Gasteiger partial charge in [0.2, 0.25) is 0 Å². The zero-order valence-corrected chi connectivity index (χ0v) is 10.6. The fourth-order valence-corrected chi connectivity index (χ4v) is 1.82. The first kappa shape index (κ1) is 14.1. The molecule has 2 N–H and O–H groups in total. The number of aromatic carboxylic acids is 1. The number of hydrogen-bond acceptors (Lipinski definition) is 2. The van der Waals surface area contributed by atoms with Crippen LogP contribution in [-0.4, -0.2) is 11.1 Å². The van der Waals surface area contributed by atoms with Gasteiger partial charge in [0.25, 0.3) is 0 Å². The molecule has 2 rings (SSSR count). The predicted octanol–water partition coefficient (Wildman–Crippen LogP) is 2.95. The van der Waals surface area contributed by atoms with E-state index >= 15 is 0 Å². The van der Waals surface area contributed by atoms with Gasteiger partial charge >= 0.3 is 5.97 Å². The van der Waals surface area contributed by atoms with E-state index in [1.807, 2.05) is 0 Å². The third-order valence-electron chi connectivity index (χ3n) is 2.82. The first-order chi connectivity index (χ1) is 9.56. The molecule has 0 aliphatic rings. The number of nitrogens with one attached hydrogen (secondary N) is 1. The van der Waals surface area contributed by atoms with Gasteiger partial charge in [-0.25, -0.2) is 13.6 Å². The summed E-state index contributed by atoms with van der Waals surface area (Å²) in [5, 5.41) is 11.9. The van der Waals surface area contributed by atoms with E-state index in [9.17, 15) is 13.6 Å². The van der Waals surface area contributed by atoms with Gasteiger partial charge in [-0.2, -0.15) is 0 Å². The minimum Gasteiger partial charge on any atom is -0.478 e. The molecule has 0 aliphatic carbocycles. The Morgan fingerprint density at radius 3 is 2.35 bits per heavy atom. The first-order valence-corrected chi connectivity index (χ1v) is 6.03. The molecule has 0 atom stereocenters. The summed E-state index contributed by atoms with van der Waals surface area (Å²) in [6.45, 7) is 0.814. The topological polar surface area (TPSA) is 49.3 Å². The standard InChI is InChI=1S/C15H13F2NO2/c16-13-5-4-11(7-14(13)17)9-18-8-10-2-1-3-12(6-10)15(19)20/h1-7,18H,8-9H2,(H,19,20). The van der Waals surface area contributed by atoms with Gasteiger partial charge in [0, 0.05) is 13.1 Å². The van der Waals surface area contributed by atoms with Gasteiger partial charge in [-0.1, -0.05) is 18.2 Å². The van der Waals surface area contributed by atoms with Crippen molar-refractivity contribution in [2.45, 2.75) is 13.1 Å². The molecule has 0 fully saturated rings. The molecule has 0 amide bonds. The van der Waals surface area contributed by atoms with Crippen molar-refractivity contribution < 1.29 is 18.7 Å². The van der Waals surface area contributed by atoms with Crippen molar-refractivity contribution in [3.05, 3.63) is 70.8 Å². The molecular formula is C15H13F2NO2. The van der Waals surface area contributed by atoms with Gasteiger partial charge in [-0.05, 0) is 35.4 Å². The Hall–Kier alpha value is -2.27. The highest BCUT2D eigenvalue weighted by molar-refractivity contribution is 5.87. The maximum atomic E-state index is 13.0. The van der Waals surface area contributed by atoms with E-state index in [0.717, 1.165) is 17.7 Å². The molecule has 2 aromatic rings. The van der Waals surface area contributed by atoms with Crippen LogP contribution in [0.25, 0.3) is 0 Å². The third-order valence-corrected chi connectivity index (χ3v) is 2.82. The van der Waals surface area contributed by atoms with Gasteiger partial charge in [-0.15, -0.1) is 0 Å². The van der Waals surface area contributed by atoms with Crippen LogP contribution in [0.1, 0.15) is 21.5 Å². The molecule has 0 heterocycles. The number of halogens is 2. The molecular weight excluding hydrogens is 264 g/mol. The zero-order valence-electron chi connectivity index (χ0n) is 10.6. The van der Waals surface area contributed by atoms with Crippen LogP contribution in [0.3, 0.4) is 0 Å². The van der Waals surface area contributed by atoms with E-state index in [1.165, 1.54) is 12.1 Å². The molecule has 0 aliphatic heterocycles. The van der Waals surface area contributed by atoms with Crippen molar-refractivity contribution in [1.82, 2.24) is 5.32 Å². The van der Waals surface area contributed by atoms with E-state index < -0.39 is 17.6 Å². The average Bonchev–Trinajstić information content (AvgIpc) is 2.43. The van der Waals surface area contributed by atoms with Crippen LogP contribution in [0.4, 0.5) is 8.78 Å². The second-order valence-corrected chi connectivity index (χ2v) is 4.36. The summed E-state index contributed by atoms with van der Waals surface area (Å²) in [7, 11) is 0. The van der Waals surface area contributed by atoms with Crippen molar-refractivity contribution in [1.29, 1.82) is 0 Å². The van der Waals surface area contributed by atoms with Crippen LogP contribution >= 0.6 is 0 Å². The summed E-state index contributed by atoms with van der Waals surface area (Å²) in [4.78, 5) is 10.8. The van der Waals surface area contributed by atoms with E-state index in [-0.39, 0.29) is 5.56 Å². The zero-order chi connectivity index (χ0) is 14.5. The molecule has 20 heavy (non-hydrogen) atoms. The maximum absolute atomic E-state index is 13.0. The highest BCUT2D eigenvalue weighted by Crippen LogP contribution is 2.09. The molecule has 5 heteroatoms. The maximum Gasteiger partial charge on any atom is 0.335 e. The van der Waals surface area contributed by atoms with E-state index in [4.69, 9.17) is 5.11 Å². The monoisotopic (exact) mass is 277 g/mol. The molecule has 104 valence electrons. The van der Waals surface area contributed by atoms with Crippen molar-refractivity contribution in [3.8, 4) is 0 Å². The Kier molecular flexibility index (Phi) is 4.42. The highest BCUT2D eigenvalue weighted by atomic mass is 19.2. The molecule has 0 aromatic heterocycles. The van der Waals surface area contributed by atoms with Gasteiger partial charge in [0.1, 0.15) is 0 Å². The number of carboxylic acids is 1. The number of carboxylic acid groups (broad SMARTS) is 1. The van der Waals surface area contributed by atoms with Crippen LogP contribution in [-0.2, 0) is 13.1 Å². The first-order valence-electron chi connectivity index (χ1n) is 6.03. The highest BCUT2D eigenvalue weighted by Gasteiger charge is 2.04. The van der Waals surface area contributed by atoms with Crippen LogP contribution in [0.2, 0.25) is 0 Å². The Balaban J connectivity index is 1.94. The minimum absolute atomic E-state index is 0.220. The molecule has 3 nitrogen and oxygen atoms in total. The number of rotatable bonds is 5. The lowest BCUT2D eigenvalue weighted by Crippen LogP contribution is -2.13. The van der Waals surface area contributed by atoms with Crippen molar-refractivity contribution in [3.63, 3.8) is 0 Å². The Morgan fingerprint density at radius 2 is 1.70 bits per heavy atom. The van der Waals surface area contributed by atoms with Crippen LogP contribution < -0.4 is 5.32 Å². The predicted molar refractivity (Wildman–Crippen MR) is 70.3 cm³/mol. The van der Waals surface area contributed by atoms with Crippen LogP contribution in [0.5, 0.6) is 0 Å². The summed E-state index contributed by atoms with van der Waals surface area (Å²) in [5.74, 6) is -2.73. The summed E-state index contributed by atoms with van der Waals surface area (Å²) in [5.41, 5.74) is 1.66. The Bertz CT molecular complexity index is 629. The number of hydrogen-bond donors (Lipinski definition) is 2. The molecule has 2 aromatic carbocycles. The van der Waals surface area contributed by atoms with Crippen LogP contribution in [0, 0.1) is 11.6 Å². The van der Waals surface area contributed by atoms with Crippen molar-refractivity contribution >= 4 is 5.97 Å². The summed E-state index contributed by atoms with van der Waals surface area (Å²) in [6, 6.07) is 10.3. The van der Waals surface area contributed by atoms with Gasteiger partial charge in [-0.3, -0.25) is 0 Å². The Morgan fingerprint density at radius 1 is 1.00 bits per heavy atom. The number of benzene rings is 2. The lowest BCUT2D eigenvalue weighted by Gasteiger charge is -2.06. The fourth-order valence-electron chi connectivity index (χ4n) is 1.82. The summed E-state index contributed by atoms with van der Waals surface area (Å²) >= 11 is 0. The van der Waals surface area contributed by atoms with Gasteiger partial charge in [0.05, 0.1) is 5.56 Å². The smallest absolute Gasteiger partial charge is 0.335 e. The molecule has 0 spiro atoms. The fraction of sp³-hybridized carbons (Fsp3) is 0.133. The quantitative estimate of drug-likeness (QED) is 0.883. The molecule has 0 radical (unpaired) electrons. The SMILES string of the molecule is O=C(O)c1cccc(CNCc2ccc(F)c(F)c2)c1. The van der Waals surface area contributed by atoms with E-state index in [2.05, 4.69) is 5.32 Å². The second kappa shape index (κ2) is 6.25. The Labute approximate surface area is 114 Å². The molecule has 0 unspecified atom stereocenters. The molecule has 0 bridgehead atoms. The summed E-state index contributed by atoms with van der Waals surface area (Å²) < 4.78 is 25.8. The largest absolute Gasteiger partial charge is 0.478 e. The third kappa shape index (κ3) is 3.61. The van der Waals surface area contributed by atoms with E-state index in [1.54, 1.807) is 18.2 Å². The average molecular weight is 277 g/mol.